The van der Waals surface area contributed by atoms with Crippen LogP contribution < -0.4 is 14.8 Å². The van der Waals surface area contributed by atoms with Crippen LogP contribution in [-0.4, -0.2) is 58.0 Å². The van der Waals surface area contributed by atoms with Crippen molar-refractivity contribution < 1.29 is 36.6 Å². The van der Waals surface area contributed by atoms with Crippen molar-refractivity contribution in [2.24, 2.45) is 0 Å². The summed E-state index contributed by atoms with van der Waals surface area (Å²) in [6.07, 6.45) is -5.00. The average molecular weight is 493 g/mol. The highest BCUT2D eigenvalue weighted by molar-refractivity contribution is 5.99. The number of carbonyl (C=O) groups is 2. The van der Waals surface area contributed by atoms with Crippen LogP contribution in [0.2, 0.25) is 0 Å². The Morgan fingerprint density at radius 3 is 2.43 bits per heavy atom. The summed E-state index contributed by atoms with van der Waals surface area (Å²) in [6.45, 7) is 1.64. The third-order valence-corrected chi connectivity index (χ3v) is 5.04. The minimum atomic E-state index is -5.00. The summed E-state index contributed by atoms with van der Waals surface area (Å²) in [5.41, 5.74) is -2.18. The lowest BCUT2D eigenvalue weighted by Crippen LogP contribution is -2.39. The van der Waals surface area contributed by atoms with E-state index in [1.807, 2.05) is 0 Å². The molecule has 0 aliphatic carbocycles. The molecule has 0 radical (unpaired) electrons. The molecule has 4 rings (SSSR count). The molecule has 1 aliphatic heterocycles. The van der Waals surface area contributed by atoms with Gasteiger partial charge < -0.3 is 19.7 Å². The first-order chi connectivity index (χ1) is 16.7. The molecule has 9 nitrogen and oxygen atoms in total. The zero-order chi connectivity index (χ0) is 25.2. The Balaban J connectivity index is 1.54. The number of hydrogen-bond acceptors (Lipinski definition) is 6. The number of rotatable bonds is 6. The number of nitrogens with zero attached hydrogens (tertiary/aromatic N) is 4. The molecule has 2 aromatic carbocycles. The van der Waals surface area contributed by atoms with E-state index in [1.54, 1.807) is 18.2 Å². The van der Waals surface area contributed by atoms with Gasteiger partial charge in [-0.3, -0.25) is 9.59 Å². The Labute approximate surface area is 196 Å². The fraction of sp³-hybridized carbons (Fsp3) is 0.273. The van der Waals surface area contributed by atoms with Crippen LogP contribution in [0, 0.1) is 5.82 Å². The van der Waals surface area contributed by atoms with E-state index in [0.717, 1.165) is 29.2 Å². The van der Waals surface area contributed by atoms with Crippen LogP contribution in [0.25, 0.3) is 5.69 Å². The summed E-state index contributed by atoms with van der Waals surface area (Å²) in [4.78, 5) is 26.4. The Bertz CT molecular complexity index is 1240. The molecule has 0 atom stereocenters. The number of aromatic nitrogens is 3. The number of fused-ring (bicyclic) bond motifs is 1. The van der Waals surface area contributed by atoms with Crippen molar-refractivity contribution in [3.8, 4) is 17.2 Å². The SMILES string of the molecule is CCN(CC(=O)Nc1ccc2c(c1)OCCO2)C(=O)c1nnn(-c2ccc(F)cc2)c1C(F)(F)F. The van der Waals surface area contributed by atoms with Crippen molar-refractivity contribution in [3.63, 3.8) is 0 Å². The van der Waals surface area contributed by atoms with Gasteiger partial charge in [-0.15, -0.1) is 5.10 Å². The number of nitrogens with one attached hydrogen (secondary N) is 1. The van der Waals surface area contributed by atoms with Crippen LogP contribution in [0.1, 0.15) is 23.1 Å². The number of hydrogen-bond donors (Lipinski definition) is 1. The van der Waals surface area contributed by atoms with Crippen molar-refractivity contribution in [1.29, 1.82) is 0 Å². The highest BCUT2D eigenvalue weighted by atomic mass is 19.4. The molecular weight excluding hydrogens is 474 g/mol. The first kappa shape index (κ1) is 24.0. The number of carbonyl (C=O) groups excluding carboxylic acids is 2. The van der Waals surface area contributed by atoms with Crippen LogP contribution in [0.15, 0.2) is 42.5 Å². The Hall–Kier alpha value is -4.16. The first-order valence-electron chi connectivity index (χ1n) is 10.4. The number of anilines is 1. The van der Waals surface area contributed by atoms with Crippen LogP contribution in [0.3, 0.4) is 0 Å². The lowest BCUT2D eigenvalue weighted by atomic mass is 10.2. The number of amides is 2. The van der Waals surface area contributed by atoms with Crippen molar-refractivity contribution in [3.05, 3.63) is 59.7 Å². The summed E-state index contributed by atoms with van der Waals surface area (Å²) >= 11 is 0. The predicted octanol–water partition coefficient (Wildman–Crippen LogP) is 3.30. The van der Waals surface area contributed by atoms with Crippen LogP contribution >= 0.6 is 0 Å². The average Bonchev–Trinajstić information content (AvgIpc) is 3.28. The zero-order valence-electron chi connectivity index (χ0n) is 18.3. The summed E-state index contributed by atoms with van der Waals surface area (Å²) in [7, 11) is 0. The number of benzene rings is 2. The van der Waals surface area contributed by atoms with E-state index in [0.29, 0.717) is 35.1 Å². The molecule has 1 aromatic heterocycles. The largest absolute Gasteiger partial charge is 0.486 e. The van der Waals surface area contributed by atoms with E-state index in [1.165, 1.54) is 6.92 Å². The van der Waals surface area contributed by atoms with Gasteiger partial charge in [0.2, 0.25) is 5.91 Å². The summed E-state index contributed by atoms with van der Waals surface area (Å²) in [5.74, 6) is -1.48. The molecule has 1 N–H and O–H groups in total. The molecule has 0 unspecified atom stereocenters. The maximum absolute atomic E-state index is 13.9. The Morgan fingerprint density at radius 2 is 1.77 bits per heavy atom. The number of halogens is 4. The molecule has 0 bridgehead atoms. The fourth-order valence-corrected chi connectivity index (χ4v) is 3.42. The molecule has 2 amide bonds. The highest BCUT2D eigenvalue weighted by Crippen LogP contribution is 2.34. The Kier molecular flexibility index (Phi) is 6.58. The molecule has 1 aliphatic rings. The van der Waals surface area contributed by atoms with Crippen molar-refractivity contribution in [2.45, 2.75) is 13.1 Å². The van der Waals surface area contributed by atoms with Crippen LogP contribution in [0.4, 0.5) is 23.2 Å². The van der Waals surface area contributed by atoms with Gasteiger partial charge in [0.15, 0.2) is 22.9 Å². The normalized spacial score (nSPS) is 12.8. The van der Waals surface area contributed by atoms with E-state index in [-0.39, 0.29) is 12.2 Å². The van der Waals surface area contributed by atoms with E-state index in [2.05, 4.69) is 15.6 Å². The topological polar surface area (TPSA) is 98.6 Å². The molecular formula is C22H19F4N5O4. The predicted molar refractivity (Wildman–Crippen MR) is 114 cm³/mol. The molecule has 0 spiro atoms. The molecule has 3 aromatic rings. The molecule has 0 saturated carbocycles. The fourth-order valence-electron chi connectivity index (χ4n) is 3.42. The van der Waals surface area contributed by atoms with Gasteiger partial charge in [0.05, 0.1) is 5.69 Å². The minimum Gasteiger partial charge on any atom is -0.486 e. The van der Waals surface area contributed by atoms with Crippen LogP contribution in [0.5, 0.6) is 11.5 Å². The van der Waals surface area contributed by atoms with Crippen molar-refractivity contribution in [1.82, 2.24) is 19.9 Å². The molecule has 0 fully saturated rings. The van der Waals surface area contributed by atoms with Gasteiger partial charge in [-0.2, -0.15) is 13.2 Å². The smallest absolute Gasteiger partial charge is 0.435 e. The number of alkyl halides is 3. The number of likely N-dealkylation sites (N-methyl/N-ethyl adjacent to an activating group) is 1. The molecule has 184 valence electrons. The van der Waals surface area contributed by atoms with Gasteiger partial charge in [0, 0.05) is 18.3 Å². The quantitative estimate of drug-likeness (QED) is 0.530. The minimum absolute atomic E-state index is 0.0753. The second kappa shape index (κ2) is 9.60. The Morgan fingerprint density at radius 1 is 1.09 bits per heavy atom. The van der Waals surface area contributed by atoms with Gasteiger partial charge in [0.1, 0.15) is 25.6 Å². The van der Waals surface area contributed by atoms with Crippen molar-refractivity contribution in [2.75, 3.05) is 31.6 Å². The zero-order valence-corrected chi connectivity index (χ0v) is 18.3. The second-order valence-corrected chi connectivity index (χ2v) is 7.40. The number of ether oxygens (including phenoxy) is 2. The molecule has 13 heteroatoms. The van der Waals surface area contributed by atoms with Gasteiger partial charge in [0.25, 0.3) is 5.91 Å². The molecule has 2 heterocycles. The van der Waals surface area contributed by atoms with E-state index < -0.39 is 41.7 Å². The third-order valence-electron chi connectivity index (χ3n) is 5.04. The monoisotopic (exact) mass is 493 g/mol. The summed E-state index contributed by atoms with van der Waals surface area (Å²) in [6, 6.07) is 8.78. The maximum atomic E-state index is 13.9. The van der Waals surface area contributed by atoms with Crippen molar-refractivity contribution >= 4 is 17.5 Å². The lowest BCUT2D eigenvalue weighted by molar-refractivity contribution is -0.143. The lowest BCUT2D eigenvalue weighted by Gasteiger charge is -2.21. The third kappa shape index (κ3) is 5.18. The van der Waals surface area contributed by atoms with Gasteiger partial charge in [-0.05, 0) is 43.3 Å². The van der Waals surface area contributed by atoms with E-state index >= 15 is 0 Å². The van der Waals surface area contributed by atoms with E-state index in [9.17, 15) is 27.2 Å². The maximum Gasteiger partial charge on any atom is 0.435 e. The molecule has 0 saturated heterocycles. The summed E-state index contributed by atoms with van der Waals surface area (Å²) < 4.78 is 66.1. The standard InChI is InChI=1S/C22H19F4N5O4/c1-2-30(12-18(32)27-14-5-8-16-17(11-14)35-10-9-34-16)21(33)19-20(22(24,25)26)31(29-28-19)15-6-3-13(23)4-7-15/h3-8,11H,2,9-10,12H2,1H3,(H,27,32). The van der Waals surface area contributed by atoms with Gasteiger partial charge >= 0.3 is 6.18 Å². The van der Waals surface area contributed by atoms with Crippen LogP contribution in [-0.2, 0) is 11.0 Å². The highest BCUT2D eigenvalue weighted by Gasteiger charge is 2.43. The van der Waals surface area contributed by atoms with Gasteiger partial charge in [-0.1, -0.05) is 5.21 Å². The first-order valence-corrected chi connectivity index (χ1v) is 10.4. The second-order valence-electron chi connectivity index (χ2n) is 7.40. The van der Waals surface area contributed by atoms with E-state index in [4.69, 9.17) is 9.47 Å². The summed E-state index contributed by atoms with van der Waals surface area (Å²) in [5, 5.41) is 9.47. The molecule has 35 heavy (non-hydrogen) atoms. The van der Waals surface area contributed by atoms with Gasteiger partial charge in [-0.25, -0.2) is 9.07 Å².